The zero-order valence-corrected chi connectivity index (χ0v) is 12.5. The first-order valence-corrected chi connectivity index (χ1v) is 7.98. The molecule has 0 unspecified atom stereocenters. The van der Waals surface area contributed by atoms with Crippen molar-refractivity contribution in [2.75, 3.05) is 12.5 Å². The molecule has 19 heavy (non-hydrogen) atoms. The Hall–Kier alpha value is -0.870. The van der Waals surface area contributed by atoms with Crippen molar-refractivity contribution in [3.8, 4) is 0 Å². The second-order valence-corrected chi connectivity index (χ2v) is 6.41. The normalized spacial score (nSPS) is 31.6. The summed E-state index contributed by atoms with van der Waals surface area (Å²) < 4.78 is 5.39. The Morgan fingerprint density at radius 3 is 2.89 bits per heavy atom. The molecule has 0 bridgehead atoms. The monoisotopic (exact) mass is 280 g/mol. The Balaban J connectivity index is 1.77. The van der Waals surface area contributed by atoms with E-state index in [4.69, 9.17) is 10.5 Å². The Morgan fingerprint density at radius 1 is 1.47 bits per heavy atom. The second kappa shape index (κ2) is 7.06. The molecule has 1 aliphatic heterocycles. The zero-order valence-electron chi connectivity index (χ0n) is 11.7. The fourth-order valence-corrected chi connectivity index (χ4v) is 3.35. The maximum atomic E-state index is 5.52. The lowest BCUT2D eigenvalue weighted by atomic mass is 9.87. The van der Waals surface area contributed by atoms with Gasteiger partial charge in [0.05, 0.1) is 4.91 Å². The summed E-state index contributed by atoms with van der Waals surface area (Å²) in [6.45, 7) is 7.30. The van der Waals surface area contributed by atoms with Crippen molar-refractivity contribution in [1.29, 1.82) is 0 Å². The second-order valence-electron chi connectivity index (χ2n) is 5.44. The van der Waals surface area contributed by atoms with Crippen molar-refractivity contribution in [3.63, 3.8) is 0 Å². The van der Waals surface area contributed by atoms with Crippen LogP contribution in [0.5, 0.6) is 0 Å². The van der Waals surface area contributed by atoms with Crippen molar-refractivity contribution in [2.24, 2.45) is 11.7 Å². The van der Waals surface area contributed by atoms with Gasteiger partial charge >= 0.3 is 0 Å². The van der Waals surface area contributed by atoms with Gasteiger partial charge < -0.3 is 15.8 Å². The van der Waals surface area contributed by atoms with Crippen LogP contribution < -0.4 is 11.1 Å². The van der Waals surface area contributed by atoms with E-state index in [-0.39, 0.29) is 0 Å². The van der Waals surface area contributed by atoms with Gasteiger partial charge in [-0.3, -0.25) is 0 Å². The minimum absolute atomic E-state index is 0.649. The van der Waals surface area contributed by atoms with E-state index >= 15 is 0 Å². The van der Waals surface area contributed by atoms with Crippen LogP contribution in [-0.2, 0) is 4.74 Å². The first-order valence-electron chi connectivity index (χ1n) is 6.99. The van der Waals surface area contributed by atoms with E-state index in [0.29, 0.717) is 12.0 Å². The molecule has 0 spiro atoms. The van der Waals surface area contributed by atoms with Gasteiger partial charge in [0.1, 0.15) is 11.7 Å². The first-order chi connectivity index (χ1) is 9.19. The highest BCUT2D eigenvalue weighted by molar-refractivity contribution is 8.03. The molecule has 2 fully saturated rings. The molecule has 0 aromatic carbocycles. The Kier molecular flexibility index (Phi) is 5.40. The first kappa shape index (κ1) is 14.5. The van der Waals surface area contributed by atoms with Gasteiger partial charge in [-0.05, 0) is 43.3 Å². The fraction of sp³-hybridized carbons (Fsp3) is 0.600. The third-order valence-electron chi connectivity index (χ3n) is 3.79. The number of nitrogens with one attached hydrogen (secondary N) is 1. The summed E-state index contributed by atoms with van der Waals surface area (Å²) in [5.41, 5.74) is 6.61. The molecule has 2 aliphatic rings. The molecule has 0 radical (unpaired) electrons. The third kappa shape index (κ3) is 4.32. The summed E-state index contributed by atoms with van der Waals surface area (Å²) in [5.74, 6) is 2.32. The lowest BCUT2D eigenvalue weighted by Gasteiger charge is -2.27. The van der Waals surface area contributed by atoms with Gasteiger partial charge in [-0.15, -0.1) is 0 Å². The molecule has 3 nitrogen and oxygen atoms in total. The molecule has 106 valence electrons. The highest BCUT2D eigenvalue weighted by atomic mass is 32.2. The van der Waals surface area contributed by atoms with Gasteiger partial charge in [-0.1, -0.05) is 25.3 Å². The summed E-state index contributed by atoms with van der Waals surface area (Å²) in [5, 5.41) is 3.60. The minimum Gasteiger partial charge on any atom is -0.480 e. The molecule has 2 rings (SSSR count). The van der Waals surface area contributed by atoms with Crippen LogP contribution in [0.2, 0.25) is 0 Å². The van der Waals surface area contributed by atoms with Gasteiger partial charge in [0, 0.05) is 18.8 Å². The number of ether oxygens (including phenoxy) is 1. The SMILES string of the molecule is C=C(/C=C1/SCO/C1=C/N)CN[C@H]1CC[C@H](C)CC1. The van der Waals surface area contributed by atoms with E-state index in [2.05, 4.69) is 24.9 Å². The summed E-state index contributed by atoms with van der Waals surface area (Å²) in [6, 6.07) is 0.656. The van der Waals surface area contributed by atoms with Crippen LogP contribution in [0, 0.1) is 5.92 Å². The minimum atomic E-state index is 0.649. The molecular formula is C15H24N2OS. The molecule has 0 atom stereocenters. The van der Waals surface area contributed by atoms with Crippen LogP contribution in [0.25, 0.3) is 0 Å². The Labute approximate surface area is 120 Å². The van der Waals surface area contributed by atoms with Crippen molar-refractivity contribution in [2.45, 2.75) is 38.6 Å². The average Bonchev–Trinajstić information content (AvgIpc) is 2.85. The highest BCUT2D eigenvalue weighted by Crippen LogP contribution is 2.33. The van der Waals surface area contributed by atoms with Crippen LogP contribution in [-0.4, -0.2) is 18.5 Å². The predicted octanol–water partition coefficient (Wildman–Crippen LogP) is 3.12. The number of nitrogens with two attached hydrogens (primary N) is 1. The standard InChI is InChI=1S/C15H24N2OS/c1-11-3-5-13(6-4-11)17-9-12(2)7-15-14(8-16)18-10-19-15/h7-8,11,13,17H,2-6,9-10,16H2,1H3/b14-8+,15-7+/t11-,13-. The smallest absolute Gasteiger partial charge is 0.149 e. The summed E-state index contributed by atoms with van der Waals surface area (Å²) in [6.07, 6.45) is 8.86. The zero-order chi connectivity index (χ0) is 13.7. The molecular weight excluding hydrogens is 256 g/mol. The van der Waals surface area contributed by atoms with Crippen molar-refractivity contribution >= 4 is 11.8 Å². The number of hydrogen-bond donors (Lipinski definition) is 2. The van der Waals surface area contributed by atoms with Gasteiger partial charge in [-0.25, -0.2) is 0 Å². The summed E-state index contributed by atoms with van der Waals surface area (Å²) in [7, 11) is 0. The molecule has 0 aromatic rings. The van der Waals surface area contributed by atoms with Crippen LogP contribution in [0.15, 0.2) is 35.1 Å². The third-order valence-corrected chi connectivity index (χ3v) is 4.66. The Bertz CT molecular complexity index is 382. The number of hydrogen-bond acceptors (Lipinski definition) is 4. The lowest BCUT2D eigenvalue weighted by Crippen LogP contribution is -2.33. The fourth-order valence-electron chi connectivity index (χ4n) is 2.52. The highest BCUT2D eigenvalue weighted by Gasteiger charge is 2.18. The molecule has 4 heteroatoms. The molecule has 1 aliphatic carbocycles. The van der Waals surface area contributed by atoms with Crippen LogP contribution in [0.4, 0.5) is 0 Å². The van der Waals surface area contributed by atoms with Gasteiger partial charge in [0.15, 0.2) is 0 Å². The largest absolute Gasteiger partial charge is 0.480 e. The maximum absolute atomic E-state index is 5.52. The summed E-state index contributed by atoms with van der Waals surface area (Å²) >= 11 is 1.67. The van der Waals surface area contributed by atoms with E-state index in [1.54, 1.807) is 11.8 Å². The van der Waals surface area contributed by atoms with E-state index < -0.39 is 0 Å². The lowest BCUT2D eigenvalue weighted by molar-refractivity contribution is 0.296. The number of rotatable bonds is 4. The van der Waals surface area contributed by atoms with Crippen LogP contribution >= 0.6 is 11.8 Å². The maximum Gasteiger partial charge on any atom is 0.149 e. The van der Waals surface area contributed by atoms with Crippen molar-refractivity contribution in [3.05, 3.63) is 35.1 Å². The molecule has 1 heterocycles. The van der Waals surface area contributed by atoms with E-state index in [1.807, 2.05) is 0 Å². The van der Waals surface area contributed by atoms with Gasteiger partial charge in [0.2, 0.25) is 0 Å². The van der Waals surface area contributed by atoms with Gasteiger partial charge in [-0.2, -0.15) is 0 Å². The summed E-state index contributed by atoms with van der Waals surface area (Å²) in [4.78, 5) is 1.09. The molecule has 0 aromatic heterocycles. The van der Waals surface area contributed by atoms with E-state index in [9.17, 15) is 0 Å². The topological polar surface area (TPSA) is 47.3 Å². The molecule has 1 saturated heterocycles. The van der Waals surface area contributed by atoms with Crippen molar-refractivity contribution < 1.29 is 4.74 Å². The molecule has 0 amide bonds. The quantitative estimate of drug-likeness (QED) is 0.830. The van der Waals surface area contributed by atoms with E-state index in [1.165, 1.54) is 31.9 Å². The average molecular weight is 280 g/mol. The predicted molar refractivity (Wildman–Crippen MR) is 82.5 cm³/mol. The van der Waals surface area contributed by atoms with Crippen LogP contribution in [0.1, 0.15) is 32.6 Å². The Morgan fingerprint density at radius 2 is 2.21 bits per heavy atom. The van der Waals surface area contributed by atoms with Crippen molar-refractivity contribution in [1.82, 2.24) is 5.32 Å². The number of thioether (sulfide) groups is 1. The molecule has 1 saturated carbocycles. The van der Waals surface area contributed by atoms with E-state index in [0.717, 1.165) is 28.7 Å². The molecule has 3 N–H and O–H groups in total. The van der Waals surface area contributed by atoms with Gasteiger partial charge in [0.25, 0.3) is 0 Å². The van der Waals surface area contributed by atoms with Crippen LogP contribution in [0.3, 0.4) is 0 Å².